The van der Waals surface area contributed by atoms with Crippen molar-refractivity contribution in [3.63, 3.8) is 0 Å². The maximum absolute atomic E-state index is 5.58. The Labute approximate surface area is 133 Å². The van der Waals surface area contributed by atoms with Gasteiger partial charge in [-0.15, -0.1) is 10.2 Å². The average molecular weight is 314 g/mol. The Kier molecular flexibility index (Phi) is 4.01. The third-order valence-electron chi connectivity index (χ3n) is 3.68. The van der Waals surface area contributed by atoms with Gasteiger partial charge in [0, 0.05) is 11.1 Å². The number of nitrogens with zero attached hydrogens (tertiary/aromatic N) is 4. The normalized spacial score (nSPS) is 10.8. The Morgan fingerprint density at radius 3 is 2.43 bits per heavy atom. The van der Waals surface area contributed by atoms with Crippen molar-refractivity contribution in [2.75, 3.05) is 21.3 Å². The summed E-state index contributed by atoms with van der Waals surface area (Å²) in [4.78, 5) is 0. The van der Waals surface area contributed by atoms with Gasteiger partial charge in [-0.3, -0.25) is 0 Å². The minimum Gasteiger partial charge on any atom is -0.493 e. The van der Waals surface area contributed by atoms with E-state index in [-0.39, 0.29) is 0 Å². The first-order valence-electron chi connectivity index (χ1n) is 7.22. The lowest BCUT2D eigenvalue weighted by molar-refractivity contribution is 0.325. The van der Waals surface area contributed by atoms with Crippen molar-refractivity contribution < 1.29 is 14.2 Å². The Bertz CT molecular complexity index is 845. The maximum atomic E-state index is 5.58. The van der Waals surface area contributed by atoms with Crippen LogP contribution in [0.3, 0.4) is 0 Å². The van der Waals surface area contributed by atoms with Gasteiger partial charge in [0.1, 0.15) is 6.33 Å². The van der Waals surface area contributed by atoms with Crippen LogP contribution >= 0.6 is 0 Å². The lowest BCUT2D eigenvalue weighted by Gasteiger charge is -2.16. The van der Waals surface area contributed by atoms with Crippen molar-refractivity contribution in [1.29, 1.82) is 0 Å². The highest BCUT2D eigenvalue weighted by Gasteiger charge is 2.20. The molecule has 0 saturated carbocycles. The monoisotopic (exact) mass is 314 g/mol. The van der Waals surface area contributed by atoms with Gasteiger partial charge in [0.2, 0.25) is 5.75 Å². The smallest absolute Gasteiger partial charge is 0.203 e. The van der Waals surface area contributed by atoms with Crippen molar-refractivity contribution in [2.45, 2.75) is 13.3 Å². The Hall–Kier alpha value is -2.83. The minimum atomic E-state index is 0.542. The average Bonchev–Trinajstić information content (AvgIpc) is 3.07. The van der Waals surface area contributed by atoms with E-state index in [0.29, 0.717) is 22.9 Å². The van der Waals surface area contributed by atoms with Crippen LogP contribution in [-0.2, 0) is 6.42 Å². The lowest BCUT2D eigenvalue weighted by Crippen LogP contribution is -2.01. The van der Waals surface area contributed by atoms with Crippen LogP contribution in [0.15, 0.2) is 24.5 Å². The van der Waals surface area contributed by atoms with Crippen LogP contribution in [0.25, 0.3) is 16.8 Å². The molecule has 7 heteroatoms. The first-order valence-corrected chi connectivity index (χ1v) is 7.22. The molecular weight excluding hydrogens is 296 g/mol. The highest BCUT2D eigenvalue weighted by molar-refractivity contribution is 5.84. The van der Waals surface area contributed by atoms with Gasteiger partial charge < -0.3 is 14.2 Å². The van der Waals surface area contributed by atoms with E-state index in [9.17, 15) is 0 Å². The van der Waals surface area contributed by atoms with Gasteiger partial charge in [-0.2, -0.15) is 9.61 Å². The van der Waals surface area contributed by atoms with E-state index in [1.54, 1.807) is 32.2 Å². The molecule has 23 heavy (non-hydrogen) atoms. The SMILES string of the molecule is CCc1cc(-c2ccc(OC)c(OC)c2OC)c2nncn2n1. The number of benzene rings is 1. The highest BCUT2D eigenvalue weighted by atomic mass is 16.5. The topological polar surface area (TPSA) is 70.8 Å². The van der Waals surface area contributed by atoms with Gasteiger partial charge in [-0.25, -0.2) is 0 Å². The number of fused-ring (bicyclic) bond motifs is 1. The molecule has 1 aromatic carbocycles. The van der Waals surface area contributed by atoms with Gasteiger partial charge in [0.15, 0.2) is 17.1 Å². The van der Waals surface area contributed by atoms with Crippen LogP contribution in [-0.4, -0.2) is 41.1 Å². The van der Waals surface area contributed by atoms with Gasteiger partial charge in [0.05, 0.1) is 27.0 Å². The highest BCUT2D eigenvalue weighted by Crippen LogP contribution is 2.44. The van der Waals surface area contributed by atoms with Crippen molar-refractivity contribution in [3.05, 3.63) is 30.2 Å². The summed E-state index contributed by atoms with van der Waals surface area (Å²) >= 11 is 0. The Morgan fingerprint density at radius 1 is 1.00 bits per heavy atom. The van der Waals surface area contributed by atoms with Crippen molar-refractivity contribution in [1.82, 2.24) is 19.8 Å². The summed E-state index contributed by atoms with van der Waals surface area (Å²) in [7, 11) is 4.78. The van der Waals surface area contributed by atoms with Crippen LogP contribution < -0.4 is 14.2 Å². The molecule has 7 nitrogen and oxygen atoms in total. The number of rotatable bonds is 5. The van der Waals surface area contributed by atoms with E-state index >= 15 is 0 Å². The summed E-state index contributed by atoms with van der Waals surface area (Å²) < 4.78 is 18.0. The second-order valence-electron chi connectivity index (χ2n) is 4.88. The molecule has 0 aliphatic heterocycles. The third-order valence-corrected chi connectivity index (χ3v) is 3.68. The van der Waals surface area contributed by atoms with E-state index < -0.39 is 0 Å². The zero-order valence-electron chi connectivity index (χ0n) is 13.5. The number of ether oxygens (including phenoxy) is 3. The molecular formula is C16H18N4O3. The summed E-state index contributed by atoms with van der Waals surface area (Å²) in [6.45, 7) is 2.05. The van der Waals surface area contributed by atoms with Crippen molar-refractivity contribution in [2.24, 2.45) is 0 Å². The molecule has 2 aromatic heterocycles. The van der Waals surface area contributed by atoms with Crippen molar-refractivity contribution >= 4 is 5.65 Å². The van der Waals surface area contributed by atoms with E-state index in [1.807, 2.05) is 25.1 Å². The van der Waals surface area contributed by atoms with Crippen molar-refractivity contribution in [3.8, 4) is 28.4 Å². The maximum Gasteiger partial charge on any atom is 0.203 e. The van der Waals surface area contributed by atoms with E-state index in [1.165, 1.54) is 0 Å². The van der Waals surface area contributed by atoms with E-state index in [2.05, 4.69) is 15.3 Å². The van der Waals surface area contributed by atoms with Crippen LogP contribution in [0.2, 0.25) is 0 Å². The Morgan fingerprint density at radius 2 is 1.78 bits per heavy atom. The molecule has 0 saturated heterocycles. The molecule has 0 aliphatic carbocycles. The molecule has 3 aromatic rings. The standard InChI is InChI=1S/C16H18N4O3/c1-5-10-8-12(16-18-17-9-20(16)19-10)11-6-7-13(21-2)15(23-4)14(11)22-3/h6-9H,5H2,1-4H3. The van der Waals surface area contributed by atoms with E-state index in [4.69, 9.17) is 14.2 Å². The number of methoxy groups -OCH3 is 3. The van der Waals surface area contributed by atoms with Crippen LogP contribution in [0.5, 0.6) is 17.2 Å². The molecule has 0 bridgehead atoms. The lowest BCUT2D eigenvalue weighted by atomic mass is 10.0. The summed E-state index contributed by atoms with van der Waals surface area (Å²) in [6.07, 6.45) is 2.39. The Balaban J connectivity index is 2.32. The molecule has 0 atom stereocenters. The predicted octanol–water partition coefficient (Wildman–Crippen LogP) is 2.38. The largest absolute Gasteiger partial charge is 0.493 e. The minimum absolute atomic E-state index is 0.542. The third kappa shape index (κ3) is 2.44. The fraction of sp³-hybridized carbons (Fsp3) is 0.312. The molecule has 0 aliphatic rings. The molecule has 3 rings (SSSR count). The molecule has 120 valence electrons. The van der Waals surface area contributed by atoms with Gasteiger partial charge in [0.25, 0.3) is 0 Å². The fourth-order valence-corrected chi connectivity index (χ4v) is 2.56. The molecule has 0 amide bonds. The molecule has 0 spiro atoms. The van der Waals surface area contributed by atoms with Gasteiger partial charge in [-0.1, -0.05) is 6.92 Å². The second kappa shape index (κ2) is 6.12. The first-order chi connectivity index (χ1) is 11.2. The summed E-state index contributed by atoms with van der Waals surface area (Å²) in [5.41, 5.74) is 3.32. The predicted molar refractivity (Wildman–Crippen MR) is 85.3 cm³/mol. The number of aryl methyl sites for hydroxylation is 1. The quantitative estimate of drug-likeness (QED) is 0.720. The number of aromatic nitrogens is 4. The zero-order valence-corrected chi connectivity index (χ0v) is 13.5. The number of hydrogen-bond acceptors (Lipinski definition) is 6. The molecule has 0 unspecified atom stereocenters. The first kappa shape index (κ1) is 15.1. The van der Waals surface area contributed by atoms with Gasteiger partial charge >= 0.3 is 0 Å². The molecule has 0 fully saturated rings. The molecule has 0 N–H and O–H groups in total. The summed E-state index contributed by atoms with van der Waals surface area (Å²) in [5.74, 6) is 1.74. The van der Waals surface area contributed by atoms with Crippen LogP contribution in [0.4, 0.5) is 0 Å². The summed E-state index contributed by atoms with van der Waals surface area (Å²) in [5, 5.41) is 12.6. The molecule has 2 heterocycles. The summed E-state index contributed by atoms with van der Waals surface area (Å²) in [6, 6.07) is 5.76. The zero-order chi connectivity index (χ0) is 16.4. The van der Waals surface area contributed by atoms with Gasteiger partial charge in [-0.05, 0) is 24.6 Å². The second-order valence-corrected chi connectivity index (χ2v) is 4.88. The van der Waals surface area contributed by atoms with E-state index in [0.717, 1.165) is 23.2 Å². The number of hydrogen-bond donors (Lipinski definition) is 0. The van der Waals surface area contributed by atoms with Crippen LogP contribution in [0, 0.1) is 0 Å². The molecule has 0 radical (unpaired) electrons. The fourth-order valence-electron chi connectivity index (χ4n) is 2.56. The van der Waals surface area contributed by atoms with Crippen LogP contribution in [0.1, 0.15) is 12.6 Å².